The van der Waals surface area contributed by atoms with Gasteiger partial charge in [-0.05, 0) is 33.6 Å². The van der Waals surface area contributed by atoms with Crippen molar-refractivity contribution in [1.29, 1.82) is 0 Å². The number of amides is 1. The molecule has 118 valence electrons. The zero-order valence-electron chi connectivity index (χ0n) is 12.6. The molecule has 2 unspecified atom stereocenters. The summed E-state index contributed by atoms with van der Waals surface area (Å²) in [5, 5.41) is 12.1. The molecule has 0 rings (SSSR count). The van der Waals surface area contributed by atoms with Gasteiger partial charge in [0.15, 0.2) is 6.10 Å². The molecular formula is C13H26N2O5. The van der Waals surface area contributed by atoms with Gasteiger partial charge in [0, 0.05) is 12.6 Å². The van der Waals surface area contributed by atoms with Crippen LogP contribution in [0.2, 0.25) is 0 Å². The predicted molar refractivity (Wildman–Crippen MR) is 74.1 cm³/mol. The summed E-state index contributed by atoms with van der Waals surface area (Å²) in [4.78, 5) is 22.4. The first-order valence-corrected chi connectivity index (χ1v) is 6.65. The molecule has 0 fully saturated rings. The van der Waals surface area contributed by atoms with Crippen LogP contribution in [0.25, 0.3) is 0 Å². The van der Waals surface area contributed by atoms with Gasteiger partial charge in [-0.25, -0.2) is 9.59 Å². The normalized spacial score (nSPS) is 14.3. The molecule has 1 amide bonds. The highest BCUT2D eigenvalue weighted by Crippen LogP contribution is 2.07. The van der Waals surface area contributed by atoms with Gasteiger partial charge in [0.25, 0.3) is 0 Å². The topological polar surface area (TPSA) is 111 Å². The number of carbonyl (C=O) groups is 2. The van der Waals surface area contributed by atoms with E-state index in [9.17, 15) is 14.7 Å². The minimum Gasteiger partial charge on any atom is -0.467 e. The number of aliphatic hydroxyl groups is 1. The molecule has 0 radical (unpaired) electrons. The van der Waals surface area contributed by atoms with Gasteiger partial charge < -0.3 is 25.6 Å². The molecule has 0 aromatic rings. The summed E-state index contributed by atoms with van der Waals surface area (Å²) in [5.41, 5.74) is 5.14. The Kier molecular flexibility index (Phi) is 8.17. The van der Waals surface area contributed by atoms with Crippen LogP contribution in [0.15, 0.2) is 0 Å². The van der Waals surface area contributed by atoms with Crippen LogP contribution in [0, 0.1) is 0 Å². The molecule has 7 heteroatoms. The molecule has 7 nitrogen and oxygen atoms in total. The van der Waals surface area contributed by atoms with Crippen molar-refractivity contribution in [2.24, 2.45) is 5.73 Å². The lowest BCUT2D eigenvalue weighted by Crippen LogP contribution is -2.41. The van der Waals surface area contributed by atoms with Crippen molar-refractivity contribution in [1.82, 2.24) is 5.32 Å². The first-order chi connectivity index (χ1) is 9.17. The van der Waals surface area contributed by atoms with Crippen LogP contribution in [0.3, 0.4) is 0 Å². The van der Waals surface area contributed by atoms with Gasteiger partial charge in [-0.3, -0.25) is 0 Å². The lowest BCUT2D eigenvalue weighted by molar-refractivity contribution is -0.151. The number of ether oxygens (including phenoxy) is 2. The summed E-state index contributed by atoms with van der Waals surface area (Å²) >= 11 is 0. The van der Waals surface area contributed by atoms with Gasteiger partial charge in [-0.15, -0.1) is 0 Å². The van der Waals surface area contributed by atoms with Crippen LogP contribution in [0.5, 0.6) is 0 Å². The lowest BCUT2D eigenvalue weighted by Gasteiger charge is -2.20. The van der Waals surface area contributed by atoms with E-state index in [1.54, 1.807) is 20.8 Å². The van der Waals surface area contributed by atoms with Crippen molar-refractivity contribution in [3.63, 3.8) is 0 Å². The number of unbranched alkanes of at least 4 members (excludes halogenated alkanes) is 1. The van der Waals surface area contributed by atoms with Gasteiger partial charge in [0.05, 0.1) is 7.11 Å². The molecule has 0 aliphatic carbocycles. The maximum Gasteiger partial charge on any atom is 0.407 e. The molecule has 4 N–H and O–H groups in total. The minimum absolute atomic E-state index is 0.454. The highest BCUT2D eigenvalue weighted by atomic mass is 16.6. The fourth-order valence-electron chi connectivity index (χ4n) is 1.46. The Balaban J connectivity index is 3.72. The SMILES string of the molecule is COC(=O)C(O)C(N)CCCCNC(=O)OC(C)(C)C. The highest BCUT2D eigenvalue weighted by Gasteiger charge is 2.23. The average Bonchev–Trinajstić information content (AvgIpc) is 2.34. The molecule has 0 saturated heterocycles. The Labute approximate surface area is 119 Å². The van der Waals surface area contributed by atoms with E-state index in [0.717, 1.165) is 0 Å². The van der Waals surface area contributed by atoms with E-state index in [2.05, 4.69) is 10.1 Å². The smallest absolute Gasteiger partial charge is 0.407 e. The number of rotatable bonds is 7. The molecule has 20 heavy (non-hydrogen) atoms. The van der Waals surface area contributed by atoms with Crippen molar-refractivity contribution >= 4 is 12.1 Å². The molecule has 0 heterocycles. The van der Waals surface area contributed by atoms with E-state index < -0.39 is 29.8 Å². The highest BCUT2D eigenvalue weighted by molar-refractivity contribution is 5.75. The molecule has 2 atom stereocenters. The number of aliphatic hydroxyl groups excluding tert-OH is 1. The minimum atomic E-state index is -1.31. The standard InChI is InChI=1S/C13H26N2O5/c1-13(2,3)20-12(18)15-8-6-5-7-9(14)10(16)11(17)19-4/h9-10,16H,5-8,14H2,1-4H3,(H,15,18). The number of alkyl carbamates (subject to hydrolysis) is 1. The Hall–Kier alpha value is -1.34. The third-order valence-corrected chi connectivity index (χ3v) is 2.48. The Morgan fingerprint density at radius 1 is 1.30 bits per heavy atom. The van der Waals surface area contributed by atoms with E-state index in [4.69, 9.17) is 10.5 Å². The second-order valence-corrected chi connectivity index (χ2v) is 5.56. The van der Waals surface area contributed by atoms with Gasteiger partial charge >= 0.3 is 12.1 Å². The maximum absolute atomic E-state index is 11.3. The van der Waals surface area contributed by atoms with Crippen LogP contribution in [-0.2, 0) is 14.3 Å². The summed E-state index contributed by atoms with van der Waals surface area (Å²) in [7, 11) is 1.20. The van der Waals surface area contributed by atoms with Crippen molar-refractivity contribution in [2.75, 3.05) is 13.7 Å². The third kappa shape index (κ3) is 8.71. The van der Waals surface area contributed by atoms with E-state index in [1.807, 2.05) is 0 Å². The van der Waals surface area contributed by atoms with Crippen LogP contribution < -0.4 is 11.1 Å². The molecule has 0 aromatic heterocycles. The third-order valence-electron chi connectivity index (χ3n) is 2.48. The molecule has 0 spiro atoms. The van der Waals surface area contributed by atoms with Crippen molar-refractivity contribution in [3.05, 3.63) is 0 Å². The molecule has 0 aliphatic heterocycles. The van der Waals surface area contributed by atoms with E-state index >= 15 is 0 Å². The Bertz CT molecular complexity index is 314. The largest absolute Gasteiger partial charge is 0.467 e. The van der Waals surface area contributed by atoms with Crippen LogP contribution >= 0.6 is 0 Å². The number of nitrogens with one attached hydrogen (secondary N) is 1. The first kappa shape index (κ1) is 18.7. The fourth-order valence-corrected chi connectivity index (χ4v) is 1.46. The molecule has 0 saturated carbocycles. The number of methoxy groups -OCH3 is 1. The van der Waals surface area contributed by atoms with Crippen molar-refractivity contribution < 1.29 is 24.2 Å². The Morgan fingerprint density at radius 3 is 2.40 bits per heavy atom. The Morgan fingerprint density at radius 2 is 1.90 bits per heavy atom. The zero-order valence-corrected chi connectivity index (χ0v) is 12.6. The lowest BCUT2D eigenvalue weighted by atomic mass is 10.1. The van der Waals surface area contributed by atoms with E-state index in [0.29, 0.717) is 25.8 Å². The average molecular weight is 290 g/mol. The van der Waals surface area contributed by atoms with E-state index in [-0.39, 0.29) is 0 Å². The quantitative estimate of drug-likeness (QED) is 0.466. The molecule has 0 aromatic carbocycles. The molecule has 0 aliphatic rings. The summed E-state index contributed by atoms with van der Waals surface area (Å²) < 4.78 is 9.47. The monoisotopic (exact) mass is 290 g/mol. The first-order valence-electron chi connectivity index (χ1n) is 6.65. The van der Waals surface area contributed by atoms with Gasteiger partial charge in [0.1, 0.15) is 5.60 Å². The van der Waals surface area contributed by atoms with Crippen LogP contribution in [-0.4, -0.2) is 48.6 Å². The second kappa shape index (κ2) is 8.76. The summed E-state index contributed by atoms with van der Waals surface area (Å²) in [5.74, 6) is -0.732. The maximum atomic E-state index is 11.3. The van der Waals surface area contributed by atoms with Crippen molar-refractivity contribution in [2.45, 2.75) is 57.8 Å². The van der Waals surface area contributed by atoms with Gasteiger partial charge in [-0.2, -0.15) is 0 Å². The molecular weight excluding hydrogens is 264 g/mol. The number of hydrogen-bond donors (Lipinski definition) is 3. The van der Waals surface area contributed by atoms with Crippen molar-refractivity contribution in [3.8, 4) is 0 Å². The zero-order chi connectivity index (χ0) is 15.8. The second-order valence-electron chi connectivity index (χ2n) is 5.56. The number of hydrogen-bond acceptors (Lipinski definition) is 6. The number of nitrogens with two attached hydrogens (primary N) is 1. The summed E-state index contributed by atoms with van der Waals surface area (Å²) in [6.45, 7) is 5.83. The predicted octanol–water partition coefficient (Wildman–Crippen LogP) is 0.543. The number of carbonyl (C=O) groups excluding carboxylic acids is 2. The molecule has 0 bridgehead atoms. The van der Waals surface area contributed by atoms with Crippen LogP contribution in [0.4, 0.5) is 4.79 Å². The van der Waals surface area contributed by atoms with Gasteiger partial charge in [0.2, 0.25) is 0 Å². The summed E-state index contributed by atoms with van der Waals surface area (Å²) in [6, 6.07) is -0.663. The van der Waals surface area contributed by atoms with E-state index in [1.165, 1.54) is 7.11 Å². The van der Waals surface area contributed by atoms with Crippen LogP contribution in [0.1, 0.15) is 40.0 Å². The summed E-state index contributed by atoms with van der Waals surface area (Å²) in [6.07, 6.45) is 0.0493. The van der Waals surface area contributed by atoms with Gasteiger partial charge in [-0.1, -0.05) is 6.42 Å². The fraction of sp³-hybridized carbons (Fsp3) is 0.846. The number of esters is 1.